The number of imidazole rings is 1. The Balaban J connectivity index is 1.48. The first kappa shape index (κ1) is 19.1. The molecule has 3 aromatic carbocycles. The monoisotopic (exact) mass is 403 g/mol. The van der Waals surface area contributed by atoms with Crippen molar-refractivity contribution in [2.45, 2.75) is 11.2 Å². The van der Waals surface area contributed by atoms with Crippen LogP contribution in [0.4, 0.5) is 0 Å². The lowest BCUT2D eigenvalue weighted by molar-refractivity contribution is -0.119. The third-order valence-electron chi connectivity index (χ3n) is 4.59. The smallest absolute Gasteiger partial charge is 0.231 e. The average Bonchev–Trinajstić information content (AvgIpc) is 3.20. The van der Waals surface area contributed by atoms with Crippen LogP contribution in [0.5, 0.6) is 5.75 Å². The second kappa shape index (κ2) is 8.84. The third kappa shape index (κ3) is 4.60. The van der Waals surface area contributed by atoms with Gasteiger partial charge in [-0.1, -0.05) is 66.4 Å². The molecular weight excluding hydrogens is 382 g/mol. The van der Waals surface area contributed by atoms with Crippen molar-refractivity contribution in [2.75, 3.05) is 12.9 Å². The molecule has 0 fully saturated rings. The number of amides is 1. The molecule has 6 heteroatoms. The molecule has 5 nitrogen and oxygen atoms in total. The topological polar surface area (TPSA) is 67.0 Å². The number of aromatic nitrogens is 2. The van der Waals surface area contributed by atoms with Crippen LogP contribution in [0.1, 0.15) is 17.2 Å². The highest BCUT2D eigenvalue weighted by atomic mass is 32.2. The summed E-state index contributed by atoms with van der Waals surface area (Å²) < 4.78 is 5.25. The molecule has 0 saturated carbocycles. The van der Waals surface area contributed by atoms with E-state index >= 15 is 0 Å². The largest absolute Gasteiger partial charge is 0.497 e. The molecule has 4 aromatic rings. The number of H-pyrrole nitrogens is 1. The number of hydrogen-bond donors (Lipinski definition) is 2. The van der Waals surface area contributed by atoms with Crippen LogP contribution in [0.15, 0.2) is 84.0 Å². The van der Waals surface area contributed by atoms with E-state index in [0.717, 1.165) is 33.1 Å². The zero-order valence-electron chi connectivity index (χ0n) is 16.0. The molecule has 4 rings (SSSR count). The van der Waals surface area contributed by atoms with Crippen molar-refractivity contribution >= 4 is 28.7 Å². The lowest BCUT2D eigenvalue weighted by Gasteiger charge is -2.20. The Hall–Kier alpha value is -3.25. The molecule has 146 valence electrons. The van der Waals surface area contributed by atoms with E-state index in [1.54, 1.807) is 7.11 Å². The van der Waals surface area contributed by atoms with Gasteiger partial charge in [0, 0.05) is 0 Å². The van der Waals surface area contributed by atoms with Crippen LogP contribution in [-0.2, 0) is 4.79 Å². The van der Waals surface area contributed by atoms with Gasteiger partial charge < -0.3 is 15.0 Å². The van der Waals surface area contributed by atoms with Gasteiger partial charge in [-0.15, -0.1) is 0 Å². The normalized spacial score (nSPS) is 11.9. The van der Waals surface area contributed by atoms with Gasteiger partial charge in [0.15, 0.2) is 5.16 Å². The number of nitrogens with one attached hydrogen (secondary N) is 2. The van der Waals surface area contributed by atoms with Crippen molar-refractivity contribution in [1.82, 2.24) is 15.3 Å². The molecule has 2 N–H and O–H groups in total. The number of carbonyl (C=O) groups excluding carboxylic acids is 1. The Bertz CT molecular complexity index is 1060. The Kier molecular flexibility index (Phi) is 5.81. The maximum absolute atomic E-state index is 12.7. The number of hydrogen-bond acceptors (Lipinski definition) is 4. The number of benzene rings is 3. The van der Waals surface area contributed by atoms with Gasteiger partial charge in [-0.2, -0.15) is 0 Å². The summed E-state index contributed by atoms with van der Waals surface area (Å²) in [5.74, 6) is 1.01. The molecule has 1 heterocycles. The number of rotatable bonds is 7. The van der Waals surface area contributed by atoms with E-state index in [1.807, 2.05) is 78.9 Å². The highest BCUT2D eigenvalue weighted by Gasteiger charge is 2.17. The van der Waals surface area contributed by atoms with Crippen LogP contribution in [0, 0.1) is 0 Å². The van der Waals surface area contributed by atoms with Gasteiger partial charge in [0.1, 0.15) is 5.75 Å². The van der Waals surface area contributed by atoms with Crippen LogP contribution >= 0.6 is 11.8 Å². The van der Waals surface area contributed by atoms with Crippen molar-refractivity contribution in [1.29, 1.82) is 0 Å². The Morgan fingerprint density at radius 1 is 1.00 bits per heavy atom. The maximum atomic E-state index is 12.7. The second-order valence-electron chi connectivity index (χ2n) is 6.53. The second-order valence-corrected chi connectivity index (χ2v) is 7.50. The van der Waals surface area contributed by atoms with Crippen molar-refractivity contribution in [2.24, 2.45) is 0 Å². The zero-order chi connectivity index (χ0) is 20.1. The first-order valence-corrected chi connectivity index (χ1v) is 10.3. The minimum absolute atomic E-state index is 0.0554. The fourth-order valence-electron chi connectivity index (χ4n) is 3.14. The summed E-state index contributed by atoms with van der Waals surface area (Å²) in [6.45, 7) is 0. The van der Waals surface area contributed by atoms with Gasteiger partial charge in [0.05, 0.1) is 29.9 Å². The van der Waals surface area contributed by atoms with Gasteiger partial charge in [0.2, 0.25) is 5.91 Å². The molecule has 0 saturated heterocycles. The van der Waals surface area contributed by atoms with E-state index in [9.17, 15) is 4.79 Å². The Morgan fingerprint density at radius 2 is 1.69 bits per heavy atom. The predicted octanol–water partition coefficient (Wildman–Crippen LogP) is 4.57. The lowest BCUT2D eigenvalue weighted by Crippen LogP contribution is -2.30. The number of carbonyl (C=O) groups is 1. The van der Waals surface area contributed by atoms with Crippen LogP contribution in [-0.4, -0.2) is 28.7 Å². The molecule has 1 aromatic heterocycles. The van der Waals surface area contributed by atoms with Crippen LogP contribution < -0.4 is 10.1 Å². The molecule has 0 aliphatic heterocycles. The van der Waals surface area contributed by atoms with Gasteiger partial charge in [-0.3, -0.25) is 4.79 Å². The fourth-order valence-corrected chi connectivity index (χ4v) is 3.83. The summed E-state index contributed by atoms with van der Waals surface area (Å²) in [7, 11) is 1.64. The van der Waals surface area contributed by atoms with Crippen molar-refractivity contribution < 1.29 is 9.53 Å². The van der Waals surface area contributed by atoms with Crippen LogP contribution in [0.25, 0.3) is 11.0 Å². The third-order valence-corrected chi connectivity index (χ3v) is 5.47. The molecule has 1 amide bonds. The molecule has 0 aliphatic carbocycles. The van der Waals surface area contributed by atoms with E-state index in [2.05, 4.69) is 15.3 Å². The van der Waals surface area contributed by atoms with Crippen LogP contribution in [0.2, 0.25) is 0 Å². The number of para-hydroxylation sites is 2. The number of thioether (sulfide) groups is 1. The Morgan fingerprint density at radius 3 is 2.41 bits per heavy atom. The molecule has 0 radical (unpaired) electrons. The van der Waals surface area contributed by atoms with Gasteiger partial charge in [0.25, 0.3) is 0 Å². The number of nitrogens with zero attached hydrogens (tertiary/aromatic N) is 1. The molecular formula is C23H21N3O2S. The molecule has 0 spiro atoms. The quantitative estimate of drug-likeness (QED) is 0.444. The average molecular weight is 404 g/mol. The zero-order valence-corrected chi connectivity index (χ0v) is 16.8. The summed E-state index contributed by atoms with van der Waals surface area (Å²) in [4.78, 5) is 20.5. The van der Waals surface area contributed by atoms with Gasteiger partial charge >= 0.3 is 0 Å². The fraction of sp³-hybridized carbons (Fsp3) is 0.130. The standard InChI is InChI=1S/C23H21N3O2S/c1-28-18-13-11-17(12-14-18)22(16-7-3-2-4-8-16)26-21(27)15-29-23-24-19-9-5-6-10-20(19)25-23/h2-14,22H,15H2,1H3,(H,24,25)(H,26,27)/t22-/m0/s1. The minimum atomic E-state index is -0.231. The summed E-state index contributed by atoms with van der Waals surface area (Å²) in [6, 6.07) is 25.3. The molecule has 1 atom stereocenters. The van der Waals surface area contributed by atoms with E-state index in [-0.39, 0.29) is 17.7 Å². The van der Waals surface area contributed by atoms with Crippen molar-refractivity contribution in [3.05, 3.63) is 90.0 Å². The van der Waals surface area contributed by atoms with Gasteiger partial charge in [-0.05, 0) is 35.4 Å². The van der Waals surface area contributed by atoms with E-state index in [0.29, 0.717) is 0 Å². The number of ether oxygens (including phenoxy) is 1. The van der Waals surface area contributed by atoms with E-state index in [4.69, 9.17) is 4.74 Å². The van der Waals surface area contributed by atoms with Crippen LogP contribution in [0.3, 0.4) is 0 Å². The summed E-state index contributed by atoms with van der Waals surface area (Å²) in [5, 5.41) is 3.89. The maximum Gasteiger partial charge on any atom is 0.231 e. The first-order chi connectivity index (χ1) is 14.2. The highest BCUT2D eigenvalue weighted by Crippen LogP contribution is 2.25. The minimum Gasteiger partial charge on any atom is -0.497 e. The molecule has 29 heavy (non-hydrogen) atoms. The number of methoxy groups -OCH3 is 1. The number of fused-ring (bicyclic) bond motifs is 1. The summed E-state index contributed by atoms with van der Waals surface area (Å²) in [6.07, 6.45) is 0. The SMILES string of the molecule is COc1ccc([C@@H](NC(=O)CSc2nc3ccccc3[nH]2)c2ccccc2)cc1. The molecule has 0 aliphatic rings. The van der Waals surface area contributed by atoms with Crippen molar-refractivity contribution in [3.63, 3.8) is 0 Å². The number of aromatic amines is 1. The predicted molar refractivity (Wildman–Crippen MR) is 116 cm³/mol. The first-order valence-electron chi connectivity index (χ1n) is 9.29. The summed E-state index contributed by atoms with van der Waals surface area (Å²) in [5.41, 5.74) is 3.89. The molecule has 0 bridgehead atoms. The van der Waals surface area contributed by atoms with E-state index < -0.39 is 0 Å². The lowest BCUT2D eigenvalue weighted by atomic mass is 9.98. The molecule has 0 unspecified atom stereocenters. The van der Waals surface area contributed by atoms with Crippen molar-refractivity contribution in [3.8, 4) is 5.75 Å². The Labute approximate surface area is 173 Å². The van der Waals surface area contributed by atoms with E-state index in [1.165, 1.54) is 11.8 Å². The highest BCUT2D eigenvalue weighted by molar-refractivity contribution is 7.99. The summed E-state index contributed by atoms with van der Waals surface area (Å²) >= 11 is 1.39. The van der Waals surface area contributed by atoms with Gasteiger partial charge in [-0.25, -0.2) is 4.98 Å².